The zero-order valence-corrected chi connectivity index (χ0v) is 16.6. The number of hydrogen-bond donors (Lipinski definition) is 1. The summed E-state index contributed by atoms with van der Waals surface area (Å²) in [4.78, 5) is 19.3. The van der Waals surface area contributed by atoms with Crippen molar-refractivity contribution in [1.82, 2.24) is 10.3 Å². The average molecular weight is 392 g/mol. The maximum Gasteiger partial charge on any atom is 0.251 e. The van der Waals surface area contributed by atoms with E-state index in [1.54, 1.807) is 25.4 Å². The van der Waals surface area contributed by atoms with Crippen molar-refractivity contribution in [3.63, 3.8) is 0 Å². The Hall–Kier alpha value is -3.27. The van der Waals surface area contributed by atoms with Crippen LogP contribution in [0.4, 0.5) is 5.69 Å². The van der Waals surface area contributed by atoms with Crippen LogP contribution in [0.15, 0.2) is 30.5 Å². The Morgan fingerprint density at radius 2 is 2.28 bits per heavy atom. The van der Waals surface area contributed by atoms with Crippen LogP contribution in [0.2, 0.25) is 0 Å². The minimum Gasteiger partial charge on any atom is -0.493 e. The van der Waals surface area contributed by atoms with Crippen LogP contribution in [0.1, 0.15) is 41.4 Å². The molecule has 29 heavy (non-hydrogen) atoms. The second-order valence-electron chi connectivity index (χ2n) is 7.57. The van der Waals surface area contributed by atoms with Gasteiger partial charge in [-0.1, -0.05) is 0 Å². The van der Waals surface area contributed by atoms with E-state index >= 15 is 0 Å². The van der Waals surface area contributed by atoms with E-state index in [0.717, 1.165) is 42.8 Å². The molecule has 4 rings (SSSR count). The second-order valence-corrected chi connectivity index (χ2v) is 7.57. The van der Waals surface area contributed by atoms with E-state index in [2.05, 4.69) is 15.2 Å². The molecule has 2 aliphatic rings. The zero-order valence-electron chi connectivity index (χ0n) is 16.6. The number of pyridine rings is 1. The molecular weight excluding hydrogens is 368 g/mol. The van der Waals surface area contributed by atoms with Crippen molar-refractivity contribution in [2.75, 3.05) is 25.1 Å². The second kappa shape index (κ2) is 8.00. The van der Waals surface area contributed by atoms with Crippen LogP contribution in [0.3, 0.4) is 0 Å². The Balaban J connectivity index is 1.45. The van der Waals surface area contributed by atoms with E-state index in [-0.39, 0.29) is 18.1 Å². The lowest BCUT2D eigenvalue weighted by molar-refractivity contribution is 0.0932. The monoisotopic (exact) mass is 392 g/mol. The highest BCUT2D eigenvalue weighted by Crippen LogP contribution is 2.39. The average Bonchev–Trinajstić information content (AvgIpc) is 3.13. The number of carbonyl (C=O) groups is 1. The van der Waals surface area contributed by atoms with Gasteiger partial charge in [0.25, 0.3) is 5.91 Å². The summed E-state index contributed by atoms with van der Waals surface area (Å²) in [5.74, 6) is 1.25. The molecule has 0 saturated carbocycles. The molecular formula is C22H24N4O3. The third-order valence-electron chi connectivity index (χ3n) is 5.42. The Morgan fingerprint density at radius 1 is 1.41 bits per heavy atom. The predicted molar refractivity (Wildman–Crippen MR) is 108 cm³/mol. The van der Waals surface area contributed by atoms with Crippen molar-refractivity contribution in [2.45, 2.75) is 38.3 Å². The SMILES string of the molecule is COc1cc(C(=O)NC2CCCN(c3ccc(C#N)nc3)C2)cc2c1OC(C)C2. The van der Waals surface area contributed by atoms with Crippen molar-refractivity contribution in [3.8, 4) is 17.6 Å². The molecule has 1 fully saturated rings. The Bertz CT molecular complexity index is 952. The van der Waals surface area contributed by atoms with E-state index < -0.39 is 0 Å². The summed E-state index contributed by atoms with van der Waals surface area (Å²) in [5, 5.41) is 12.1. The number of aromatic nitrogens is 1. The molecule has 1 saturated heterocycles. The zero-order chi connectivity index (χ0) is 20.4. The lowest BCUT2D eigenvalue weighted by atomic mass is 10.0. The normalized spacial score (nSPS) is 20.4. The first-order valence-electron chi connectivity index (χ1n) is 9.87. The first-order valence-corrected chi connectivity index (χ1v) is 9.87. The summed E-state index contributed by atoms with van der Waals surface area (Å²) in [5.41, 5.74) is 2.97. The summed E-state index contributed by atoms with van der Waals surface area (Å²) in [6.07, 6.45) is 4.48. The topological polar surface area (TPSA) is 87.5 Å². The summed E-state index contributed by atoms with van der Waals surface area (Å²) in [6.45, 7) is 3.62. The fraction of sp³-hybridized carbons (Fsp3) is 0.409. The Kier molecular flexibility index (Phi) is 5.26. The molecule has 3 heterocycles. The maximum absolute atomic E-state index is 12.9. The Morgan fingerprint density at radius 3 is 3.00 bits per heavy atom. The number of carbonyl (C=O) groups excluding carboxylic acids is 1. The number of rotatable bonds is 4. The molecule has 2 aromatic rings. The number of fused-ring (bicyclic) bond motifs is 1. The van der Waals surface area contributed by atoms with Gasteiger partial charge in [0, 0.05) is 36.7 Å². The number of anilines is 1. The van der Waals surface area contributed by atoms with Crippen LogP contribution in [0.5, 0.6) is 11.5 Å². The van der Waals surface area contributed by atoms with Gasteiger partial charge in [-0.25, -0.2) is 4.98 Å². The maximum atomic E-state index is 12.9. The van der Waals surface area contributed by atoms with Crippen LogP contribution in [0, 0.1) is 11.3 Å². The van der Waals surface area contributed by atoms with E-state index in [1.165, 1.54) is 0 Å². The third kappa shape index (κ3) is 3.97. The number of benzene rings is 1. The van der Waals surface area contributed by atoms with Crippen LogP contribution in [0.25, 0.3) is 0 Å². The van der Waals surface area contributed by atoms with Gasteiger partial charge < -0.3 is 19.7 Å². The molecule has 2 atom stereocenters. The van der Waals surface area contributed by atoms with E-state index in [4.69, 9.17) is 14.7 Å². The van der Waals surface area contributed by atoms with E-state index in [1.807, 2.05) is 25.1 Å². The fourth-order valence-corrected chi connectivity index (χ4v) is 4.02. The number of ether oxygens (including phenoxy) is 2. The first kappa shape index (κ1) is 19.1. The van der Waals surface area contributed by atoms with Crippen molar-refractivity contribution >= 4 is 11.6 Å². The standard InChI is InChI=1S/C22H24N4O3/c1-14-8-15-9-16(10-20(28-2)21(15)29-14)22(27)25-18-4-3-7-26(13-18)19-6-5-17(11-23)24-12-19/h5-6,9-10,12,14,18H,3-4,7-8,13H2,1-2H3,(H,25,27). The number of amides is 1. The molecule has 2 unspecified atom stereocenters. The van der Waals surface area contributed by atoms with Crippen molar-refractivity contribution < 1.29 is 14.3 Å². The quantitative estimate of drug-likeness (QED) is 0.861. The minimum absolute atomic E-state index is 0.0429. The van der Waals surface area contributed by atoms with Crippen LogP contribution in [-0.2, 0) is 6.42 Å². The van der Waals surface area contributed by atoms with Gasteiger partial charge in [0.1, 0.15) is 17.9 Å². The molecule has 2 aliphatic heterocycles. The van der Waals surface area contributed by atoms with Crippen LogP contribution < -0.4 is 19.7 Å². The Labute approximate surface area is 170 Å². The fourth-order valence-electron chi connectivity index (χ4n) is 4.02. The van der Waals surface area contributed by atoms with Gasteiger partial charge in [0.15, 0.2) is 11.5 Å². The van der Waals surface area contributed by atoms with Gasteiger partial charge in [-0.05, 0) is 44.0 Å². The number of piperidine rings is 1. The number of nitrogens with one attached hydrogen (secondary N) is 1. The molecule has 1 amide bonds. The summed E-state index contributed by atoms with van der Waals surface area (Å²) < 4.78 is 11.2. The number of hydrogen-bond acceptors (Lipinski definition) is 6. The van der Waals surface area contributed by atoms with Gasteiger partial charge in [-0.3, -0.25) is 4.79 Å². The van der Waals surface area contributed by atoms with Crippen molar-refractivity contribution in [2.24, 2.45) is 0 Å². The highest BCUT2D eigenvalue weighted by atomic mass is 16.5. The van der Waals surface area contributed by atoms with Crippen LogP contribution in [-0.4, -0.2) is 43.2 Å². The molecule has 7 nitrogen and oxygen atoms in total. The minimum atomic E-state index is -0.101. The van der Waals surface area contributed by atoms with E-state index in [9.17, 15) is 4.79 Å². The summed E-state index contributed by atoms with van der Waals surface area (Å²) >= 11 is 0. The lowest BCUT2D eigenvalue weighted by Crippen LogP contribution is -2.47. The molecule has 0 spiro atoms. The first-order chi connectivity index (χ1) is 14.1. The van der Waals surface area contributed by atoms with E-state index in [0.29, 0.717) is 23.6 Å². The summed E-state index contributed by atoms with van der Waals surface area (Å²) in [7, 11) is 1.59. The molecule has 1 aromatic heterocycles. The van der Waals surface area contributed by atoms with Gasteiger partial charge in [-0.15, -0.1) is 0 Å². The predicted octanol–water partition coefficient (Wildman–Crippen LogP) is 2.68. The van der Waals surface area contributed by atoms with Gasteiger partial charge in [-0.2, -0.15) is 5.26 Å². The lowest BCUT2D eigenvalue weighted by Gasteiger charge is -2.34. The smallest absolute Gasteiger partial charge is 0.251 e. The molecule has 150 valence electrons. The summed E-state index contributed by atoms with van der Waals surface area (Å²) in [6, 6.07) is 9.35. The number of methoxy groups -OCH3 is 1. The molecule has 0 aliphatic carbocycles. The molecule has 0 radical (unpaired) electrons. The number of nitrogens with zero attached hydrogens (tertiary/aromatic N) is 3. The van der Waals surface area contributed by atoms with Crippen molar-refractivity contribution in [3.05, 3.63) is 47.3 Å². The van der Waals surface area contributed by atoms with Gasteiger partial charge in [0.05, 0.1) is 19.0 Å². The highest BCUT2D eigenvalue weighted by Gasteiger charge is 2.27. The number of nitriles is 1. The largest absolute Gasteiger partial charge is 0.493 e. The van der Waals surface area contributed by atoms with Gasteiger partial charge in [0.2, 0.25) is 0 Å². The van der Waals surface area contributed by atoms with Crippen LogP contribution >= 0.6 is 0 Å². The molecule has 1 aromatic carbocycles. The molecule has 0 bridgehead atoms. The van der Waals surface area contributed by atoms with Crippen molar-refractivity contribution in [1.29, 1.82) is 5.26 Å². The molecule has 7 heteroatoms. The third-order valence-corrected chi connectivity index (χ3v) is 5.42. The van der Waals surface area contributed by atoms with Gasteiger partial charge >= 0.3 is 0 Å². The highest BCUT2D eigenvalue weighted by molar-refractivity contribution is 5.95. The molecule has 1 N–H and O–H groups in total.